The highest BCUT2D eigenvalue weighted by molar-refractivity contribution is 14.0. The maximum absolute atomic E-state index is 4.48. The molecule has 2 aliphatic heterocycles. The second kappa shape index (κ2) is 12.2. The zero-order chi connectivity index (χ0) is 18.2. The molecule has 3 rings (SSSR count). The van der Waals surface area contributed by atoms with Crippen molar-refractivity contribution in [1.82, 2.24) is 20.4 Å². The third-order valence-corrected chi connectivity index (χ3v) is 6.58. The smallest absolute Gasteiger partial charge is 0.191 e. The molecule has 1 atom stereocenters. The van der Waals surface area contributed by atoms with E-state index in [0.717, 1.165) is 12.5 Å². The van der Waals surface area contributed by atoms with Gasteiger partial charge in [-0.15, -0.1) is 35.3 Å². The predicted octanol–water partition coefficient (Wildman–Crippen LogP) is 3.54. The highest BCUT2D eigenvalue weighted by atomic mass is 127. The fourth-order valence-electron chi connectivity index (χ4n) is 4.14. The van der Waals surface area contributed by atoms with Gasteiger partial charge in [-0.2, -0.15) is 0 Å². The fourth-order valence-corrected chi connectivity index (χ4v) is 5.00. The number of hydrogen-bond donors (Lipinski definition) is 2. The average Bonchev–Trinajstić information content (AvgIpc) is 3.37. The fraction of sp³-hybridized carbons (Fsp3) is 0.750. The van der Waals surface area contributed by atoms with E-state index >= 15 is 0 Å². The summed E-state index contributed by atoms with van der Waals surface area (Å²) in [4.78, 5) is 11.1. The molecular formula is C20H36IN5S. The van der Waals surface area contributed by atoms with Crippen molar-refractivity contribution in [3.63, 3.8) is 0 Å². The molecule has 3 heterocycles. The summed E-state index contributed by atoms with van der Waals surface area (Å²) in [5.41, 5.74) is 0. The Bertz CT molecular complexity index is 537. The van der Waals surface area contributed by atoms with E-state index in [2.05, 4.69) is 49.9 Å². The first kappa shape index (κ1) is 22.9. The minimum Gasteiger partial charge on any atom is -0.354 e. The summed E-state index contributed by atoms with van der Waals surface area (Å²) in [7, 11) is 1.89. The highest BCUT2D eigenvalue weighted by Crippen LogP contribution is 2.27. The summed E-state index contributed by atoms with van der Waals surface area (Å²) in [5.74, 6) is 0.958. The van der Waals surface area contributed by atoms with Crippen molar-refractivity contribution in [1.29, 1.82) is 0 Å². The summed E-state index contributed by atoms with van der Waals surface area (Å²) >= 11 is 1.87. The molecule has 1 aromatic rings. The molecule has 2 N–H and O–H groups in total. The van der Waals surface area contributed by atoms with E-state index in [9.17, 15) is 0 Å². The van der Waals surface area contributed by atoms with Gasteiger partial charge in [0.25, 0.3) is 0 Å². The summed E-state index contributed by atoms with van der Waals surface area (Å²) in [6, 6.07) is 5.44. The summed E-state index contributed by atoms with van der Waals surface area (Å²) in [6.07, 6.45) is 6.32. The minimum atomic E-state index is 0. The van der Waals surface area contributed by atoms with Gasteiger partial charge in [0.15, 0.2) is 5.96 Å². The van der Waals surface area contributed by atoms with E-state index in [-0.39, 0.29) is 24.0 Å². The van der Waals surface area contributed by atoms with Gasteiger partial charge in [-0.3, -0.25) is 9.89 Å². The lowest BCUT2D eigenvalue weighted by molar-refractivity contribution is 0.206. The molecule has 5 nitrogen and oxygen atoms in total. The number of nitrogens with one attached hydrogen (secondary N) is 2. The van der Waals surface area contributed by atoms with Crippen LogP contribution in [0, 0.1) is 0 Å². The number of rotatable bonds is 7. The van der Waals surface area contributed by atoms with Crippen LogP contribution in [0.2, 0.25) is 0 Å². The molecule has 0 bridgehead atoms. The van der Waals surface area contributed by atoms with E-state index in [4.69, 9.17) is 0 Å². The zero-order valence-corrected chi connectivity index (χ0v) is 20.0. The molecule has 0 aliphatic carbocycles. The van der Waals surface area contributed by atoms with Crippen molar-refractivity contribution in [3.8, 4) is 0 Å². The maximum Gasteiger partial charge on any atom is 0.191 e. The molecule has 1 unspecified atom stereocenters. The van der Waals surface area contributed by atoms with Crippen molar-refractivity contribution in [2.24, 2.45) is 4.99 Å². The number of aliphatic imine (C=N–C) groups is 1. The highest BCUT2D eigenvalue weighted by Gasteiger charge is 2.25. The molecule has 27 heavy (non-hydrogen) atoms. The van der Waals surface area contributed by atoms with Gasteiger partial charge in [0.2, 0.25) is 0 Å². The van der Waals surface area contributed by atoms with Crippen LogP contribution in [0.25, 0.3) is 0 Å². The van der Waals surface area contributed by atoms with E-state index in [1.165, 1.54) is 69.7 Å². The van der Waals surface area contributed by atoms with Crippen LogP contribution in [0.5, 0.6) is 0 Å². The Morgan fingerprint density at radius 3 is 2.59 bits per heavy atom. The quantitative estimate of drug-likeness (QED) is 0.338. The second-order valence-corrected chi connectivity index (χ2v) is 8.47. The van der Waals surface area contributed by atoms with Gasteiger partial charge in [-0.05, 0) is 63.2 Å². The largest absolute Gasteiger partial charge is 0.354 e. The second-order valence-electron chi connectivity index (χ2n) is 7.49. The first-order valence-corrected chi connectivity index (χ1v) is 11.1. The molecule has 154 valence electrons. The molecule has 0 aromatic carbocycles. The Hall–Kier alpha value is -0.380. The van der Waals surface area contributed by atoms with E-state index in [1.807, 2.05) is 18.4 Å². The van der Waals surface area contributed by atoms with Gasteiger partial charge >= 0.3 is 0 Å². The Morgan fingerprint density at radius 2 is 2.00 bits per heavy atom. The monoisotopic (exact) mass is 505 g/mol. The molecule has 7 heteroatoms. The first-order chi connectivity index (χ1) is 12.8. The van der Waals surface area contributed by atoms with Crippen molar-refractivity contribution in [2.45, 2.75) is 51.1 Å². The van der Waals surface area contributed by atoms with Gasteiger partial charge in [-0.1, -0.05) is 13.0 Å². The molecular weight excluding hydrogens is 469 g/mol. The normalized spacial score (nSPS) is 21.0. The molecule has 2 aliphatic rings. The Labute approximate surface area is 186 Å². The van der Waals surface area contributed by atoms with Crippen LogP contribution >= 0.6 is 35.3 Å². The van der Waals surface area contributed by atoms with Crippen LogP contribution in [0.15, 0.2) is 22.5 Å². The summed E-state index contributed by atoms with van der Waals surface area (Å²) < 4.78 is 0. The lowest BCUT2D eigenvalue weighted by atomic mass is 10.1. The topological polar surface area (TPSA) is 42.9 Å². The Kier molecular flexibility index (Phi) is 10.4. The van der Waals surface area contributed by atoms with Gasteiger partial charge in [0, 0.05) is 37.6 Å². The van der Waals surface area contributed by atoms with Crippen LogP contribution in [-0.4, -0.2) is 68.1 Å². The zero-order valence-electron chi connectivity index (χ0n) is 16.8. The van der Waals surface area contributed by atoms with Crippen LogP contribution in [0.1, 0.15) is 49.9 Å². The number of halogens is 1. The summed E-state index contributed by atoms with van der Waals surface area (Å²) in [5, 5.41) is 9.46. The molecule has 1 aromatic heterocycles. The maximum atomic E-state index is 4.48. The predicted molar refractivity (Wildman–Crippen MR) is 128 cm³/mol. The third-order valence-electron chi connectivity index (χ3n) is 5.61. The van der Waals surface area contributed by atoms with Gasteiger partial charge in [0.05, 0.1) is 6.04 Å². The number of likely N-dealkylation sites (tertiary alicyclic amines) is 2. The van der Waals surface area contributed by atoms with Crippen LogP contribution in [-0.2, 0) is 0 Å². The van der Waals surface area contributed by atoms with E-state index < -0.39 is 0 Å². The molecule has 0 radical (unpaired) electrons. The molecule has 0 spiro atoms. The van der Waals surface area contributed by atoms with Crippen molar-refractivity contribution < 1.29 is 0 Å². The lowest BCUT2D eigenvalue weighted by Crippen LogP contribution is -2.50. The number of thiophene rings is 1. The minimum absolute atomic E-state index is 0. The number of piperidine rings is 1. The Morgan fingerprint density at radius 1 is 1.26 bits per heavy atom. The average molecular weight is 506 g/mol. The molecule has 0 saturated carbocycles. The van der Waals surface area contributed by atoms with Crippen LogP contribution in [0.4, 0.5) is 0 Å². The van der Waals surface area contributed by atoms with Crippen molar-refractivity contribution >= 4 is 41.3 Å². The lowest BCUT2D eigenvalue weighted by Gasteiger charge is -2.33. The van der Waals surface area contributed by atoms with Gasteiger partial charge in [-0.25, -0.2) is 0 Å². The molecule has 2 saturated heterocycles. The van der Waals surface area contributed by atoms with Crippen molar-refractivity contribution in [3.05, 3.63) is 22.4 Å². The van der Waals surface area contributed by atoms with Gasteiger partial charge < -0.3 is 15.5 Å². The Balaban J connectivity index is 0.00000261. The van der Waals surface area contributed by atoms with Crippen molar-refractivity contribution in [2.75, 3.05) is 46.3 Å². The standard InChI is InChI=1S/C20H35N5S.HI/c1-3-10-24-13-8-17(9-14-24)23-20(21-2)22-16-18(19-7-6-15-26-19)25-11-4-5-12-25;/h6-7,15,17-18H,3-5,8-14,16H2,1-2H3,(H2,21,22,23);1H. The summed E-state index contributed by atoms with van der Waals surface area (Å²) in [6.45, 7) is 9.26. The van der Waals surface area contributed by atoms with Crippen LogP contribution < -0.4 is 10.6 Å². The number of nitrogens with zero attached hydrogens (tertiary/aromatic N) is 3. The number of guanidine groups is 1. The SMILES string of the molecule is CCCN1CCC(NC(=NC)NCC(c2cccs2)N2CCCC2)CC1.I. The van der Waals surface area contributed by atoms with Gasteiger partial charge in [0.1, 0.15) is 0 Å². The van der Waals surface area contributed by atoms with E-state index in [0.29, 0.717) is 12.1 Å². The van der Waals surface area contributed by atoms with Crippen LogP contribution in [0.3, 0.4) is 0 Å². The third kappa shape index (κ3) is 6.87. The first-order valence-electron chi connectivity index (χ1n) is 10.3. The van der Waals surface area contributed by atoms with E-state index in [1.54, 1.807) is 0 Å². The molecule has 0 amide bonds. The number of hydrogen-bond acceptors (Lipinski definition) is 4. The molecule has 2 fully saturated rings.